The van der Waals surface area contributed by atoms with Gasteiger partial charge in [0.25, 0.3) is 0 Å². The highest BCUT2D eigenvalue weighted by atomic mass is 32.2. The predicted molar refractivity (Wildman–Crippen MR) is 71.7 cm³/mol. The maximum absolute atomic E-state index is 13.2. The third-order valence-corrected chi connectivity index (χ3v) is 5.01. The average molecular weight is 253 g/mol. The first kappa shape index (κ1) is 12.9. The molecule has 0 aromatic heterocycles. The summed E-state index contributed by atoms with van der Waals surface area (Å²) in [5, 5.41) is 0. The normalized spacial score (nSPS) is 19.9. The van der Waals surface area contributed by atoms with Crippen molar-refractivity contribution in [2.45, 2.75) is 48.2 Å². The van der Waals surface area contributed by atoms with Crippen LogP contribution in [0.3, 0.4) is 0 Å². The Labute approximate surface area is 107 Å². The lowest BCUT2D eigenvalue weighted by molar-refractivity contribution is 0.521. The lowest BCUT2D eigenvalue weighted by atomic mass is 9.99. The zero-order valence-electron chi connectivity index (χ0n) is 10.1. The van der Waals surface area contributed by atoms with Crippen LogP contribution in [0, 0.1) is 5.82 Å². The molecule has 2 rings (SSSR count). The Balaban J connectivity index is 2.12. The smallest absolute Gasteiger partial charge is 0.124 e. The molecule has 1 aromatic rings. The van der Waals surface area contributed by atoms with Crippen LogP contribution >= 0.6 is 11.8 Å². The summed E-state index contributed by atoms with van der Waals surface area (Å²) in [7, 11) is 0. The van der Waals surface area contributed by atoms with Crippen molar-refractivity contribution in [1.82, 2.24) is 0 Å². The number of nitrogens with two attached hydrogens (primary N) is 1. The minimum absolute atomic E-state index is 0.129. The number of rotatable bonds is 3. The third-order valence-electron chi connectivity index (χ3n) is 3.52. The van der Waals surface area contributed by atoms with E-state index in [2.05, 4.69) is 0 Å². The van der Waals surface area contributed by atoms with Crippen molar-refractivity contribution in [1.29, 1.82) is 0 Å². The second-order valence-corrected chi connectivity index (χ2v) is 6.40. The number of thioether (sulfide) groups is 1. The van der Waals surface area contributed by atoms with Gasteiger partial charge in [-0.3, -0.25) is 0 Å². The summed E-state index contributed by atoms with van der Waals surface area (Å²) in [4.78, 5) is 1.01. The van der Waals surface area contributed by atoms with Gasteiger partial charge in [0.1, 0.15) is 5.82 Å². The number of benzene rings is 1. The van der Waals surface area contributed by atoms with E-state index in [1.165, 1.54) is 31.7 Å². The van der Waals surface area contributed by atoms with Crippen LogP contribution in [-0.2, 0) is 0 Å². The lowest BCUT2D eigenvalue weighted by Gasteiger charge is -2.30. The number of halogens is 1. The highest BCUT2D eigenvalue weighted by molar-refractivity contribution is 8.00. The molecule has 0 heterocycles. The fourth-order valence-corrected chi connectivity index (χ4v) is 3.90. The largest absolute Gasteiger partial charge is 0.329 e. The monoisotopic (exact) mass is 253 g/mol. The lowest BCUT2D eigenvalue weighted by Crippen LogP contribution is -2.33. The summed E-state index contributed by atoms with van der Waals surface area (Å²) in [6.07, 6.45) is 7.44. The zero-order valence-corrected chi connectivity index (χ0v) is 10.9. The van der Waals surface area contributed by atoms with Gasteiger partial charge in [0, 0.05) is 16.2 Å². The summed E-state index contributed by atoms with van der Waals surface area (Å²) in [5.74, 6) is -0.157. The first-order chi connectivity index (χ1) is 8.24. The fraction of sp³-hybridized carbons (Fsp3) is 0.571. The molecule has 1 aliphatic carbocycles. The van der Waals surface area contributed by atoms with E-state index in [9.17, 15) is 4.39 Å². The van der Waals surface area contributed by atoms with E-state index in [0.717, 1.165) is 17.7 Å². The topological polar surface area (TPSA) is 26.0 Å². The van der Waals surface area contributed by atoms with E-state index in [1.54, 1.807) is 23.9 Å². The summed E-state index contributed by atoms with van der Waals surface area (Å²) in [5.41, 5.74) is 5.98. The molecule has 1 aromatic carbocycles. The van der Waals surface area contributed by atoms with Crippen molar-refractivity contribution in [2.24, 2.45) is 5.73 Å². The first-order valence-corrected chi connectivity index (χ1v) is 7.20. The van der Waals surface area contributed by atoms with Crippen LogP contribution in [0.4, 0.5) is 4.39 Å². The van der Waals surface area contributed by atoms with Gasteiger partial charge in [-0.15, -0.1) is 11.8 Å². The molecule has 0 radical (unpaired) electrons. The molecule has 17 heavy (non-hydrogen) atoms. The van der Waals surface area contributed by atoms with Crippen molar-refractivity contribution < 1.29 is 4.39 Å². The van der Waals surface area contributed by atoms with Crippen molar-refractivity contribution in [2.75, 3.05) is 6.54 Å². The molecule has 94 valence electrons. The van der Waals surface area contributed by atoms with Crippen molar-refractivity contribution in [3.8, 4) is 0 Å². The molecule has 1 nitrogen and oxygen atoms in total. The summed E-state index contributed by atoms with van der Waals surface area (Å²) in [6.45, 7) is 0.689. The highest BCUT2D eigenvalue weighted by Crippen LogP contribution is 2.42. The van der Waals surface area contributed by atoms with Crippen LogP contribution in [0.15, 0.2) is 29.2 Å². The standard InChI is InChI=1S/C14H20FNS/c15-12-6-5-7-13(10-12)17-14(11-16)8-3-1-2-4-9-14/h5-7,10H,1-4,8-9,11,16H2. The molecule has 0 saturated heterocycles. The molecule has 1 aliphatic rings. The second kappa shape index (κ2) is 5.87. The molecule has 0 atom stereocenters. The van der Waals surface area contributed by atoms with Crippen LogP contribution in [-0.4, -0.2) is 11.3 Å². The molecule has 0 amide bonds. The van der Waals surface area contributed by atoms with Gasteiger partial charge in [0.05, 0.1) is 0 Å². The van der Waals surface area contributed by atoms with Crippen molar-refractivity contribution in [3.63, 3.8) is 0 Å². The molecule has 0 aliphatic heterocycles. The molecular formula is C14H20FNS. The minimum atomic E-state index is -0.157. The average Bonchev–Trinajstić information content (AvgIpc) is 2.55. The van der Waals surface area contributed by atoms with Crippen LogP contribution < -0.4 is 5.73 Å². The Hall–Kier alpha value is -0.540. The molecule has 3 heteroatoms. The maximum atomic E-state index is 13.2. The molecule has 0 unspecified atom stereocenters. The highest BCUT2D eigenvalue weighted by Gasteiger charge is 2.30. The van der Waals surface area contributed by atoms with Crippen LogP contribution in [0.1, 0.15) is 38.5 Å². The van der Waals surface area contributed by atoms with Gasteiger partial charge in [0.15, 0.2) is 0 Å². The molecule has 0 spiro atoms. The number of hydrogen-bond donors (Lipinski definition) is 1. The van der Waals surface area contributed by atoms with E-state index in [0.29, 0.717) is 6.54 Å². The van der Waals surface area contributed by atoms with Crippen LogP contribution in [0.5, 0.6) is 0 Å². The quantitative estimate of drug-likeness (QED) is 0.825. The van der Waals surface area contributed by atoms with Crippen molar-refractivity contribution in [3.05, 3.63) is 30.1 Å². The van der Waals surface area contributed by atoms with Crippen molar-refractivity contribution >= 4 is 11.8 Å². The summed E-state index contributed by atoms with van der Waals surface area (Å²) >= 11 is 1.77. The van der Waals surface area contributed by atoms with Gasteiger partial charge >= 0.3 is 0 Å². The van der Waals surface area contributed by atoms with Gasteiger partial charge in [-0.05, 0) is 31.0 Å². The van der Waals surface area contributed by atoms with Gasteiger partial charge in [-0.1, -0.05) is 31.7 Å². The fourth-order valence-electron chi connectivity index (χ4n) is 2.50. The molecule has 1 fully saturated rings. The van der Waals surface area contributed by atoms with E-state index >= 15 is 0 Å². The Morgan fingerprint density at radius 1 is 1.18 bits per heavy atom. The molecule has 1 saturated carbocycles. The second-order valence-electron chi connectivity index (χ2n) is 4.86. The summed E-state index contributed by atoms with van der Waals surface area (Å²) in [6, 6.07) is 6.87. The van der Waals surface area contributed by atoms with E-state index in [4.69, 9.17) is 5.73 Å². The van der Waals surface area contributed by atoms with Crippen LogP contribution in [0.25, 0.3) is 0 Å². The molecule has 2 N–H and O–H groups in total. The molecule has 0 bridgehead atoms. The number of hydrogen-bond acceptors (Lipinski definition) is 2. The SMILES string of the molecule is NCC1(Sc2cccc(F)c2)CCCCCC1. The summed E-state index contributed by atoms with van der Waals surface area (Å²) < 4.78 is 13.3. The van der Waals surface area contributed by atoms with E-state index < -0.39 is 0 Å². The Bertz CT molecular complexity index is 359. The third kappa shape index (κ3) is 3.46. The van der Waals surface area contributed by atoms with Gasteiger partial charge in [-0.2, -0.15) is 0 Å². The van der Waals surface area contributed by atoms with Gasteiger partial charge < -0.3 is 5.73 Å². The van der Waals surface area contributed by atoms with E-state index in [-0.39, 0.29) is 10.6 Å². The van der Waals surface area contributed by atoms with E-state index in [1.807, 2.05) is 6.07 Å². The maximum Gasteiger partial charge on any atom is 0.124 e. The first-order valence-electron chi connectivity index (χ1n) is 6.39. The molecular weight excluding hydrogens is 233 g/mol. The predicted octanol–water partition coefficient (Wildman–Crippen LogP) is 3.97. The zero-order chi connectivity index (χ0) is 12.1. The van der Waals surface area contributed by atoms with Crippen LogP contribution in [0.2, 0.25) is 0 Å². The Kier molecular flexibility index (Phi) is 4.46. The Morgan fingerprint density at radius 3 is 2.47 bits per heavy atom. The Morgan fingerprint density at radius 2 is 1.88 bits per heavy atom. The van der Waals surface area contributed by atoms with Gasteiger partial charge in [-0.25, -0.2) is 4.39 Å². The minimum Gasteiger partial charge on any atom is -0.329 e. The van der Waals surface area contributed by atoms with Gasteiger partial charge in [0.2, 0.25) is 0 Å².